The average molecular weight is 981 g/mol. The number of hydrogen-bond donors (Lipinski definition) is 3. The Morgan fingerprint density at radius 1 is 0.535 bits per heavy atom. The maximum absolute atomic E-state index is 12.2. The third-order valence-electron chi connectivity index (χ3n) is 10.3. The molecule has 0 unspecified atom stereocenters. The maximum atomic E-state index is 12.2. The fourth-order valence-corrected chi connectivity index (χ4v) is 7.29. The highest BCUT2D eigenvalue weighted by atomic mass is 35.5. The molecule has 2 aromatic heterocycles. The van der Waals surface area contributed by atoms with Crippen molar-refractivity contribution in [3.63, 3.8) is 0 Å². The van der Waals surface area contributed by atoms with Crippen LogP contribution >= 0.6 is 23.2 Å². The Bertz CT molecular complexity index is 3450. The minimum atomic E-state index is -0.666. The van der Waals surface area contributed by atoms with E-state index in [4.69, 9.17) is 46.9 Å². The third kappa shape index (κ3) is 12.6. The maximum Gasteiger partial charge on any atom is 0.417 e. The molecule has 0 saturated heterocycles. The summed E-state index contributed by atoms with van der Waals surface area (Å²) in [5.41, 5.74) is 4.78. The molecule has 3 amide bonds. The Kier molecular flexibility index (Phi) is 15.7. The highest BCUT2D eigenvalue weighted by Gasteiger charge is 2.16. The molecule has 2 heterocycles. The summed E-state index contributed by atoms with van der Waals surface area (Å²) in [7, 11) is 1.52. The summed E-state index contributed by atoms with van der Waals surface area (Å²) in [6.07, 6.45) is 2.57. The molecule has 71 heavy (non-hydrogen) atoms. The fourth-order valence-electron chi connectivity index (χ4n) is 6.85. The number of pyridine rings is 2. The molecule has 0 atom stereocenters. The normalized spacial score (nSPS) is 10.4. The molecule has 0 aliphatic heterocycles. The number of carbonyl (C=O) groups is 2. The molecule has 0 bridgehead atoms. The molecule has 9 aromatic rings. The van der Waals surface area contributed by atoms with Gasteiger partial charge < -0.3 is 34.3 Å². The van der Waals surface area contributed by atoms with Crippen LogP contribution in [0.5, 0.6) is 40.2 Å². The number of anilines is 2. The van der Waals surface area contributed by atoms with Crippen molar-refractivity contribution < 1.29 is 33.3 Å². The Labute approximate surface area is 417 Å². The number of hydrogen-bond acceptors (Lipinski definition) is 11. The number of ether oxygens (including phenoxy) is 5. The van der Waals surface area contributed by atoms with Crippen LogP contribution in [0.15, 0.2) is 176 Å². The molecule has 14 nitrogen and oxygen atoms in total. The zero-order chi connectivity index (χ0) is 49.5. The molecule has 0 saturated carbocycles. The summed E-state index contributed by atoms with van der Waals surface area (Å²) in [5, 5.41) is 29.0. The minimum absolute atomic E-state index is 0.264. The molecule has 350 valence electrons. The van der Waals surface area contributed by atoms with Crippen molar-refractivity contribution >= 4 is 68.5 Å². The van der Waals surface area contributed by atoms with Crippen LogP contribution in [-0.4, -0.2) is 29.1 Å². The quantitative estimate of drug-likeness (QED) is 0.0996. The Balaban J connectivity index is 0.000000192. The SMILES string of the molecule is CNC(=O)Nc1ccc(Oc2ccnc3cc(OCc4ccccc4)c(C#N)cc23)cc1Cl.N#Cc1cc2c(Oc3ccc(NC(=O)Oc4ccccc4)c(Cl)c3)ccnc2cc1OCc1ccccc1. The second-order valence-corrected chi connectivity index (χ2v) is 16.0. The lowest BCUT2D eigenvalue weighted by Gasteiger charge is -2.13. The highest BCUT2D eigenvalue weighted by molar-refractivity contribution is 6.34. The zero-order valence-electron chi connectivity index (χ0n) is 37.6. The Hall–Kier alpha value is -9.34. The monoisotopic (exact) mass is 979 g/mol. The lowest BCUT2D eigenvalue weighted by Crippen LogP contribution is -2.24. The summed E-state index contributed by atoms with van der Waals surface area (Å²) >= 11 is 12.7. The molecule has 3 N–H and O–H groups in total. The first-order valence-corrected chi connectivity index (χ1v) is 22.4. The number of fused-ring (bicyclic) bond motifs is 2. The number of nitrogens with one attached hydrogen (secondary N) is 3. The van der Waals surface area contributed by atoms with E-state index < -0.39 is 6.09 Å². The molecule has 0 spiro atoms. The van der Waals surface area contributed by atoms with Crippen LogP contribution in [0.2, 0.25) is 10.0 Å². The molecular weight excluding hydrogens is 942 g/mol. The summed E-state index contributed by atoms with van der Waals surface area (Å²) in [4.78, 5) is 32.5. The van der Waals surface area contributed by atoms with E-state index in [2.05, 4.69) is 38.1 Å². The van der Waals surface area contributed by atoms with Gasteiger partial charge in [-0.1, -0.05) is 102 Å². The predicted octanol–water partition coefficient (Wildman–Crippen LogP) is 13.6. The van der Waals surface area contributed by atoms with Crippen molar-refractivity contribution in [1.82, 2.24) is 15.3 Å². The van der Waals surface area contributed by atoms with Gasteiger partial charge in [-0.15, -0.1) is 0 Å². The number of rotatable bonds is 13. The van der Waals surface area contributed by atoms with Gasteiger partial charge in [-0.3, -0.25) is 15.3 Å². The van der Waals surface area contributed by atoms with Crippen LogP contribution in [0.25, 0.3) is 21.8 Å². The smallest absolute Gasteiger partial charge is 0.417 e. The van der Waals surface area contributed by atoms with Crippen LogP contribution < -0.4 is 39.6 Å². The van der Waals surface area contributed by atoms with Crippen molar-refractivity contribution in [3.05, 3.63) is 208 Å². The molecule has 0 aliphatic carbocycles. The van der Waals surface area contributed by atoms with Gasteiger partial charge in [-0.05, 0) is 71.8 Å². The first-order chi connectivity index (χ1) is 34.7. The second kappa shape index (κ2) is 23.1. The number of benzene rings is 7. The van der Waals surface area contributed by atoms with Gasteiger partial charge in [0.25, 0.3) is 0 Å². The van der Waals surface area contributed by atoms with E-state index in [1.807, 2.05) is 66.7 Å². The summed E-state index contributed by atoms with van der Waals surface area (Å²) in [6.45, 7) is 0.668. The molecule has 0 fully saturated rings. The lowest BCUT2D eigenvalue weighted by molar-refractivity contribution is 0.215. The van der Waals surface area contributed by atoms with Gasteiger partial charge >= 0.3 is 12.1 Å². The van der Waals surface area contributed by atoms with Gasteiger partial charge in [0, 0.05) is 54.5 Å². The molecule has 0 radical (unpaired) electrons. The van der Waals surface area contributed by atoms with Gasteiger partial charge in [-0.25, -0.2) is 9.59 Å². The standard InChI is InChI=1S/C30H20ClN3O4.C25H19ClN4O3/c31-25-16-23(11-12-26(25)34-30(35)38-22-9-5-2-6-10-22)37-28-13-14-33-27-17-29(21(18-32)15-24(27)28)36-19-20-7-3-1-4-8-20;1-28-25(31)30-21-8-7-18(12-20(21)26)33-23-9-10-29-22-13-24(17(14-27)11-19(22)23)32-15-16-5-3-2-4-6-16/h1-17H,19H2,(H,34,35);2-13H,15H2,1H3,(H2,28,30,31). The van der Waals surface area contributed by atoms with Gasteiger partial charge in [-0.2, -0.15) is 10.5 Å². The van der Waals surface area contributed by atoms with Gasteiger partial charge in [0.2, 0.25) is 0 Å². The van der Waals surface area contributed by atoms with E-state index in [0.29, 0.717) is 103 Å². The number of para-hydroxylation sites is 1. The number of amides is 3. The van der Waals surface area contributed by atoms with E-state index in [-0.39, 0.29) is 11.1 Å². The first kappa shape index (κ1) is 48.1. The number of aromatic nitrogens is 2. The number of nitriles is 2. The predicted molar refractivity (Wildman–Crippen MR) is 272 cm³/mol. The first-order valence-electron chi connectivity index (χ1n) is 21.6. The summed E-state index contributed by atoms with van der Waals surface area (Å²) < 4.78 is 29.1. The zero-order valence-corrected chi connectivity index (χ0v) is 39.1. The van der Waals surface area contributed by atoms with E-state index in [0.717, 1.165) is 11.1 Å². The lowest BCUT2D eigenvalue weighted by atomic mass is 10.1. The van der Waals surface area contributed by atoms with Crippen molar-refractivity contribution in [2.45, 2.75) is 13.2 Å². The largest absolute Gasteiger partial charge is 0.487 e. The summed E-state index contributed by atoms with van der Waals surface area (Å²) in [5.74, 6) is 3.21. The minimum Gasteiger partial charge on any atom is -0.487 e. The Morgan fingerprint density at radius 2 is 0.986 bits per heavy atom. The number of halogens is 2. The third-order valence-corrected chi connectivity index (χ3v) is 10.9. The molecule has 0 aliphatic rings. The number of nitrogens with zero attached hydrogens (tertiary/aromatic N) is 4. The van der Waals surface area contributed by atoms with E-state index >= 15 is 0 Å². The van der Waals surface area contributed by atoms with Gasteiger partial charge in [0.15, 0.2) is 0 Å². The number of urea groups is 1. The highest BCUT2D eigenvalue weighted by Crippen LogP contribution is 2.37. The fraction of sp³-hybridized carbons (Fsp3) is 0.0545. The number of carbonyl (C=O) groups excluding carboxylic acids is 2. The van der Waals surface area contributed by atoms with Crippen molar-refractivity contribution in [3.8, 4) is 52.4 Å². The average Bonchev–Trinajstić information content (AvgIpc) is 3.39. The van der Waals surface area contributed by atoms with E-state index in [1.54, 1.807) is 109 Å². The second-order valence-electron chi connectivity index (χ2n) is 15.1. The van der Waals surface area contributed by atoms with Crippen LogP contribution in [0, 0.1) is 22.7 Å². The molecule has 16 heteroatoms. The topological polar surface area (TPSA) is 190 Å². The molecule has 9 rings (SSSR count). The van der Waals surface area contributed by atoms with Gasteiger partial charge in [0.1, 0.15) is 65.6 Å². The summed E-state index contributed by atoms with van der Waals surface area (Å²) in [6, 6.07) is 52.1. The van der Waals surface area contributed by atoms with Crippen molar-refractivity contribution in [2.24, 2.45) is 0 Å². The van der Waals surface area contributed by atoms with E-state index in [1.165, 1.54) is 7.05 Å². The van der Waals surface area contributed by atoms with Crippen molar-refractivity contribution in [2.75, 3.05) is 17.7 Å². The van der Waals surface area contributed by atoms with Crippen LogP contribution in [0.3, 0.4) is 0 Å². The van der Waals surface area contributed by atoms with Crippen molar-refractivity contribution in [1.29, 1.82) is 10.5 Å². The molecular formula is C55H39Cl2N7O7. The van der Waals surface area contributed by atoms with Gasteiger partial charge in [0.05, 0.1) is 43.6 Å². The van der Waals surface area contributed by atoms with Crippen LogP contribution in [0.1, 0.15) is 22.3 Å². The van der Waals surface area contributed by atoms with E-state index in [9.17, 15) is 20.1 Å². The Morgan fingerprint density at radius 3 is 1.42 bits per heavy atom. The van der Waals surface area contributed by atoms with Crippen LogP contribution in [0.4, 0.5) is 21.0 Å². The molecule has 7 aromatic carbocycles. The van der Waals surface area contributed by atoms with Crippen LogP contribution in [-0.2, 0) is 13.2 Å².